The number of benzene rings is 2. The molecule has 2 N–H and O–H groups in total. The third kappa shape index (κ3) is 7.66. The van der Waals surface area contributed by atoms with Gasteiger partial charge in [-0.05, 0) is 36.2 Å². The zero-order valence-corrected chi connectivity index (χ0v) is 23.2. The Morgan fingerprint density at radius 1 is 0.861 bits per heavy atom. The Hall–Kier alpha value is -3.17. The van der Waals surface area contributed by atoms with E-state index >= 15 is 0 Å². The maximum atomic E-state index is 12.6. The average molecular weight is 515 g/mol. The monoisotopic (exact) mass is 514 g/mol. The van der Waals surface area contributed by atoms with Crippen LogP contribution in [0.2, 0.25) is 5.04 Å². The SMILES string of the molecule is COC(=O)[C@H](CO[Si](c1ccccc1)(c1ccccc1)C(C)(C)C)NC(=O)CNC(=O)OC(C)(C)C. The Balaban J connectivity index is 2.30. The standard InChI is InChI=1S/C27H38N2O6Si/c1-26(2,3)35-25(32)28-18-23(30)29-22(24(31)33-7)19-34-36(27(4,5)6,20-14-10-8-11-15-20)21-16-12-9-13-17-21/h8-17,22H,18-19H2,1-7H3,(H,28,32)(H,29,30)/t22-/m0/s1. The molecule has 2 rings (SSSR count). The zero-order valence-electron chi connectivity index (χ0n) is 22.2. The Morgan fingerprint density at radius 3 is 1.78 bits per heavy atom. The van der Waals surface area contributed by atoms with Crippen LogP contribution in [0.5, 0.6) is 0 Å². The van der Waals surface area contributed by atoms with Gasteiger partial charge in [0.15, 0.2) is 0 Å². The van der Waals surface area contributed by atoms with Crippen molar-refractivity contribution in [2.45, 2.75) is 58.2 Å². The van der Waals surface area contributed by atoms with Gasteiger partial charge in [0, 0.05) is 0 Å². The third-order valence-electron chi connectivity index (χ3n) is 5.50. The smallest absolute Gasteiger partial charge is 0.408 e. The molecule has 36 heavy (non-hydrogen) atoms. The van der Waals surface area contributed by atoms with Crippen molar-refractivity contribution < 1.29 is 28.3 Å². The van der Waals surface area contributed by atoms with Crippen molar-refractivity contribution in [3.8, 4) is 0 Å². The minimum atomic E-state index is -2.93. The second-order valence-electron chi connectivity index (χ2n) is 10.5. The fourth-order valence-corrected chi connectivity index (χ4v) is 8.56. The second-order valence-corrected chi connectivity index (χ2v) is 14.8. The summed E-state index contributed by atoms with van der Waals surface area (Å²) in [6.45, 7) is 11.1. The van der Waals surface area contributed by atoms with Gasteiger partial charge in [-0.15, -0.1) is 0 Å². The third-order valence-corrected chi connectivity index (χ3v) is 10.5. The predicted octanol–water partition coefficient (Wildman–Crippen LogP) is 2.75. The number of hydrogen-bond acceptors (Lipinski definition) is 6. The summed E-state index contributed by atoms with van der Waals surface area (Å²) in [7, 11) is -1.68. The summed E-state index contributed by atoms with van der Waals surface area (Å²) in [4.78, 5) is 37.1. The highest BCUT2D eigenvalue weighted by atomic mass is 28.4. The molecule has 0 radical (unpaired) electrons. The molecule has 2 aromatic rings. The fraction of sp³-hybridized carbons (Fsp3) is 0.444. The summed E-state index contributed by atoms with van der Waals surface area (Å²) in [6.07, 6.45) is -0.726. The topological polar surface area (TPSA) is 103 Å². The molecule has 1 atom stereocenters. The molecule has 2 amide bonds. The summed E-state index contributed by atoms with van der Waals surface area (Å²) in [5.74, 6) is -1.21. The summed E-state index contributed by atoms with van der Waals surface area (Å²) < 4.78 is 16.8. The van der Waals surface area contributed by atoms with Crippen LogP contribution in [0.3, 0.4) is 0 Å². The number of carbonyl (C=O) groups excluding carboxylic acids is 3. The van der Waals surface area contributed by atoms with Crippen molar-refractivity contribution in [2.24, 2.45) is 0 Å². The van der Waals surface area contributed by atoms with E-state index in [0.717, 1.165) is 10.4 Å². The first kappa shape index (κ1) is 29.1. The van der Waals surface area contributed by atoms with Crippen LogP contribution in [-0.4, -0.2) is 58.2 Å². The predicted molar refractivity (Wildman–Crippen MR) is 142 cm³/mol. The van der Waals surface area contributed by atoms with E-state index in [1.807, 2.05) is 60.7 Å². The first-order chi connectivity index (χ1) is 16.8. The van der Waals surface area contributed by atoms with E-state index in [1.54, 1.807) is 20.8 Å². The van der Waals surface area contributed by atoms with E-state index in [-0.39, 0.29) is 18.2 Å². The minimum Gasteiger partial charge on any atom is -0.467 e. The molecule has 9 heteroatoms. The number of hydrogen-bond donors (Lipinski definition) is 2. The number of ether oxygens (including phenoxy) is 2. The van der Waals surface area contributed by atoms with Crippen LogP contribution in [0, 0.1) is 0 Å². The Morgan fingerprint density at radius 2 is 1.36 bits per heavy atom. The molecule has 0 heterocycles. The first-order valence-electron chi connectivity index (χ1n) is 11.9. The highest BCUT2D eigenvalue weighted by molar-refractivity contribution is 6.99. The number of carbonyl (C=O) groups is 3. The van der Waals surface area contributed by atoms with Crippen LogP contribution in [0.25, 0.3) is 0 Å². The van der Waals surface area contributed by atoms with E-state index < -0.39 is 37.9 Å². The van der Waals surface area contributed by atoms with Crippen molar-refractivity contribution in [3.05, 3.63) is 60.7 Å². The summed E-state index contributed by atoms with van der Waals surface area (Å²) >= 11 is 0. The molecule has 0 aromatic heterocycles. The van der Waals surface area contributed by atoms with Crippen LogP contribution in [-0.2, 0) is 23.5 Å². The van der Waals surface area contributed by atoms with Gasteiger partial charge in [-0.1, -0.05) is 81.4 Å². The normalized spacial score (nSPS) is 12.9. The molecule has 0 aliphatic rings. The molecule has 2 aromatic carbocycles. The first-order valence-corrected chi connectivity index (χ1v) is 13.8. The van der Waals surface area contributed by atoms with Crippen LogP contribution < -0.4 is 21.0 Å². The molecule has 0 aliphatic carbocycles. The number of esters is 1. The molecule has 0 spiro atoms. The van der Waals surface area contributed by atoms with E-state index in [4.69, 9.17) is 13.9 Å². The van der Waals surface area contributed by atoms with Gasteiger partial charge in [0.1, 0.15) is 18.2 Å². The van der Waals surface area contributed by atoms with Crippen LogP contribution in [0.4, 0.5) is 4.79 Å². The molecule has 0 aliphatic heterocycles. The Kier molecular flexibility index (Phi) is 9.83. The number of alkyl carbamates (subject to hydrolysis) is 1. The molecule has 0 fully saturated rings. The van der Waals surface area contributed by atoms with E-state index in [9.17, 15) is 14.4 Å². The van der Waals surface area contributed by atoms with E-state index in [2.05, 4.69) is 31.4 Å². The molecule has 8 nitrogen and oxygen atoms in total. The quantitative estimate of drug-likeness (QED) is 0.394. The molecular weight excluding hydrogens is 476 g/mol. The minimum absolute atomic E-state index is 0.0991. The van der Waals surface area contributed by atoms with Gasteiger partial charge in [0.25, 0.3) is 8.32 Å². The van der Waals surface area contributed by atoms with Crippen molar-refractivity contribution in [1.29, 1.82) is 0 Å². The molecule has 0 unspecified atom stereocenters. The molecular formula is C27H38N2O6Si. The van der Waals surface area contributed by atoms with Gasteiger partial charge in [0.05, 0.1) is 13.7 Å². The van der Waals surface area contributed by atoms with E-state index in [1.165, 1.54) is 7.11 Å². The molecule has 196 valence electrons. The van der Waals surface area contributed by atoms with Gasteiger partial charge >= 0.3 is 12.1 Å². The van der Waals surface area contributed by atoms with Gasteiger partial charge < -0.3 is 24.5 Å². The van der Waals surface area contributed by atoms with Crippen LogP contribution in [0.15, 0.2) is 60.7 Å². The highest BCUT2D eigenvalue weighted by Crippen LogP contribution is 2.36. The maximum Gasteiger partial charge on any atom is 0.408 e. The average Bonchev–Trinajstić information content (AvgIpc) is 2.81. The zero-order chi connectivity index (χ0) is 27.0. The van der Waals surface area contributed by atoms with Gasteiger partial charge in [-0.3, -0.25) is 4.79 Å². The van der Waals surface area contributed by atoms with E-state index in [0.29, 0.717) is 0 Å². The molecule has 0 saturated carbocycles. The maximum absolute atomic E-state index is 12.6. The van der Waals surface area contributed by atoms with Crippen LogP contribution in [0.1, 0.15) is 41.5 Å². The Bertz CT molecular complexity index is 977. The van der Waals surface area contributed by atoms with Gasteiger partial charge in [-0.25, -0.2) is 9.59 Å². The van der Waals surface area contributed by atoms with Gasteiger partial charge in [0.2, 0.25) is 5.91 Å². The number of methoxy groups -OCH3 is 1. The number of rotatable bonds is 9. The number of amides is 2. The van der Waals surface area contributed by atoms with Gasteiger partial charge in [-0.2, -0.15) is 0 Å². The fourth-order valence-electron chi connectivity index (χ4n) is 3.99. The van der Waals surface area contributed by atoms with Crippen molar-refractivity contribution in [2.75, 3.05) is 20.3 Å². The lowest BCUT2D eigenvalue weighted by Gasteiger charge is -2.43. The molecule has 0 saturated heterocycles. The number of nitrogens with one attached hydrogen (secondary N) is 2. The molecule has 0 bridgehead atoms. The van der Waals surface area contributed by atoms with Crippen molar-refractivity contribution >= 4 is 36.7 Å². The lowest BCUT2D eigenvalue weighted by Crippen LogP contribution is -2.67. The summed E-state index contributed by atoms with van der Waals surface area (Å²) in [5, 5.41) is 6.80. The van der Waals surface area contributed by atoms with Crippen LogP contribution >= 0.6 is 0 Å². The highest BCUT2D eigenvalue weighted by Gasteiger charge is 2.50. The Labute approximate surface area is 214 Å². The van der Waals surface area contributed by atoms with Crippen molar-refractivity contribution in [1.82, 2.24) is 10.6 Å². The van der Waals surface area contributed by atoms with Crippen molar-refractivity contribution in [3.63, 3.8) is 0 Å². The summed E-state index contributed by atoms with van der Waals surface area (Å²) in [6, 6.07) is 18.9. The lowest BCUT2D eigenvalue weighted by molar-refractivity contribution is -0.145. The second kappa shape index (κ2) is 12.2. The summed E-state index contributed by atoms with van der Waals surface area (Å²) in [5.41, 5.74) is -0.696. The largest absolute Gasteiger partial charge is 0.467 e. The lowest BCUT2D eigenvalue weighted by atomic mass is 10.2.